The van der Waals surface area contributed by atoms with E-state index >= 15 is 0 Å². The van der Waals surface area contributed by atoms with E-state index in [9.17, 15) is 4.79 Å². The van der Waals surface area contributed by atoms with Crippen molar-refractivity contribution in [2.24, 2.45) is 5.92 Å². The number of hydrogen-bond acceptors (Lipinski definition) is 3. The van der Waals surface area contributed by atoms with Crippen molar-refractivity contribution in [3.8, 4) is 0 Å². The summed E-state index contributed by atoms with van der Waals surface area (Å²) in [6.45, 7) is 1.42. The van der Waals surface area contributed by atoms with Gasteiger partial charge in [0.15, 0.2) is 0 Å². The Morgan fingerprint density at radius 1 is 1.67 bits per heavy atom. The number of methoxy groups -OCH3 is 1. The number of rotatable bonds is 2. The number of carbonyl (C=O) groups is 1. The van der Waals surface area contributed by atoms with E-state index < -0.39 is 5.97 Å². The quantitative estimate of drug-likeness (QED) is 0.657. The first-order valence-corrected chi connectivity index (χ1v) is 3.72. The highest BCUT2D eigenvalue weighted by Gasteiger charge is 2.30. The van der Waals surface area contributed by atoms with Gasteiger partial charge in [-0.2, -0.15) is 0 Å². The van der Waals surface area contributed by atoms with Crippen LogP contribution in [0.2, 0.25) is 0 Å². The molecular weight excluding hydrogens is 182 g/mol. The first-order valence-electron chi connectivity index (χ1n) is 3.72. The maximum atomic E-state index is 10.6. The molecule has 1 aliphatic rings. The molecule has 0 unspecified atom stereocenters. The maximum absolute atomic E-state index is 10.6. The Kier molecular flexibility index (Phi) is 5.20. The average Bonchev–Trinajstić information content (AvgIpc) is 2.04. The molecule has 72 valence electrons. The summed E-state index contributed by atoms with van der Waals surface area (Å²) in [5.41, 5.74) is 0. The number of halogens is 1. The van der Waals surface area contributed by atoms with E-state index in [0.29, 0.717) is 13.0 Å². The van der Waals surface area contributed by atoms with Gasteiger partial charge in [-0.05, 0) is 13.0 Å². The number of nitrogens with one attached hydrogen (secondary N) is 1. The predicted octanol–water partition coefficient (Wildman–Crippen LogP) is 0.117. The van der Waals surface area contributed by atoms with Crippen LogP contribution in [0.1, 0.15) is 6.42 Å². The Morgan fingerprint density at radius 2 is 2.33 bits per heavy atom. The van der Waals surface area contributed by atoms with E-state index in [1.54, 1.807) is 7.11 Å². The van der Waals surface area contributed by atoms with Crippen LogP contribution < -0.4 is 5.32 Å². The molecule has 0 bridgehead atoms. The lowest BCUT2D eigenvalue weighted by atomic mass is 9.95. The van der Waals surface area contributed by atoms with Crippen LogP contribution in [-0.4, -0.2) is 37.4 Å². The van der Waals surface area contributed by atoms with E-state index in [0.717, 1.165) is 6.54 Å². The summed E-state index contributed by atoms with van der Waals surface area (Å²) in [7, 11) is 1.55. The van der Waals surface area contributed by atoms with E-state index in [1.165, 1.54) is 0 Å². The molecule has 2 atom stereocenters. The molecule has 12 heavy (non-hydrogen) atoms. The Balaban J connectivity index is 0.00000121. The van der Waals surface area contributed by atoms with Gasteiger partial charge in [0, 0.05) is 13.7 Å². The van der Waals surface area contributed by atoms with Crippen molar-refractivity contribution in [3.63, 3.8) is 0 Å². The largest absolute Gasteiger partial charge is 0.481 e. The fourth-order valence-electron chi connectivity index (χ4n) is 1.36. The SMILES string of the molecule is CO[C@@H]1CNCC[C@@H]1C(=O)O.Cl. The topological polar surface area (TPSA) is 58.6 Å². The average molecular weight is 196 g/mol. The Bertz CT molecular complexity index is 154. The van der Waals surface area contributed by atoms with Crippen LogP contribution in [0.15, 0.2) is 0 Å². The van der Waals surface area contributed by atoms with Crippen LogP contribution in [-0.2, 0) is 9.53 Å². The third-order valence-corrected chi connectivity index (χ3v) is 2.05. The predicted molar refractivity (Wildman–Crippen MR) is 46.7 cm³/mol. The van der Waals surface area contributed by atoms with E-state index in [1.807, 2.05) is 0 Å². The molecule has 0 aromatic carbocycles. The van der Waals surface area contributed by atoms with Crippen LogP contribution in [0.4, 0.5) is 0 Å². The van der Waals surface area contributed by atoms with Gasteiger partial charge >= 0.3 is 5.97 Å². The highest BCUT2D eigenvalue weighted by molar-refractivity contribution is 5.85. The summed E-state index contributed by atoms with van der Waals surface area (Å²) >= 11 is 0. The van der Waals surface area contributed by atoms with Crippen molar-refractivity contribution < 1.29 is 14.6 Å². The van der Waals surface area contributed by atoms with Crippen LogP contribution in [0.5, 0.6) is 0 Å². The normalized spacial score (nSPS) is 29.1. The summed E-state index contributed by atoms with van der Waals surface area (Å²) in [5.74, 6) is -1.08. The molecule has 5 heteroatoms. The van der Waals surface area contributed by atoms with Crippen LogP contribution in [0.25, 0.3) is 0 Å². The van der Waals surface area contributed by atoms with Gasteiger partial charge in [-0.3, -0.25) is 4.79 Å². The lowest BCUT2D eigenvalue weighted by Crippen LogP contribution is -2.44. The number of carboxylic acid groups (broad SMARTS) is 1. The standard InChI is InChI=1S/C7H13NO3.ClH/c1-11-6-4-8-3-2-5(6)7(9)10;/h5-6,8H,2-4H2,1H3,(H,9,10);1H/t5-,6+;/m0./s1. The summed E-state index contributed by atoms with van der Waals surface area (Å²) in [5, 5.41) is 11.8. The smallest absolute Gasteiger partial charge is 0.309 e. The van der Waals surface area contributed by atoms with E-state index in [4.69, 9.17) is 9.84 Å². The Morgan fingerprint density at radius 3 is 2.75 bits per heavy atom. The summed E-state index contributed by atoms with van der Waals surface area (Å²) in [6.07, 6.45) is 0.495. The maximum Gasteiger partial charge on any atom is 0.309 e. The zero-order valence-corrected chi connectivity index (χ0v) is 7.76. The minimum Gasteiger partial charge on any atom is -0.481 e. The lowest BCUT2D eigenvalue weighted by molar-refractivity contribution is -0.147. The summed E-state index contributed by atoms with van der Waals surface area (Å²) in [6, 6.07) is 0. The van der Waals surface area contributed by atoms with Crippen molar-refractivity contribution in [2.45, 2.75) is 12.5 Å². The molecule has 4 nitrogen and oxygen atoms in total. The van der Waals surface area contributed by atoms with Gasteiger partial charge in [0.05, 0.1) is 12.0 Å². The number of aliphatic carboxylic acids is 1. The number of hydrogen-bond donors (Lipinski definition) is 2. The molecule has 1 heterocycles. The highest BCUT2D eigenvalue weighted by atomic mass is 35.5. The number of ether oxygens (including phenoxy) is 1. The van der Waals surface area contributed by atoms with Gasteiger partial charge in [0.1, 0.15) is 0 Å². The van der Waals surface area contributed by atoms with Crippen molar-refractivity contribution in [1.29, 1.82) is 0 Å². The molecule has 0 aromatic heterocycles. The Hall–Kier alpha value is -0.320. The van der Waals surface area contributed by atoms with Crippen molar-refractivity contribution in [3.05, 3.63) is 0 Å². The van der Waals surface area contributed by atoms with Gasteiger partial charge < -0.3 is 15.2 Å². The van der Waals surface area contributed by atoms with Gasteiger partial charge in [-0.15, -0.1) is 12.4 Å². The van der Waals surface area contributed by atoms with Gasteiger partial charge in [-0.1, -0.05) is 0 Å². The zero-order chi connectivity index (χ0) is 8.27. The van der Waals surface area contributed by atoms with Crippen molar-refractivity contribution >= 4 is 18.4 Å². The molecule has 0 radical (unpaired) electrons. The van der Waals surface area contributed by atoms with Gasteiger partial charge in [0.25, 0.3) is 0 Å². The molecule has 0 spiro atoms. The second-order valence-corrected chi connectivity index (χ2v) is 2.71. The fourth-order valence-corrected chi connectivity index (χ4v) is 1.36. The third-order valence-electron chi connectivity index (χ3n) is 2.05. The van der Waals surface area contributed by atoms with Gasteiger partial charge in [-0.25, -0.2) is 0 Å². The molecule has 1 rings (SSSR count). The fraction of sp³-hybridized carbons (Fsp3) is 0.857. The molecule has 1 aliphatic heterocycles. The molecule has 0 aromatic rings. The summed E-state index contributed by atoms with van der Waals surface area (Å²) in [4.78, 5) is 10.6. The molecule has 2 N–H and O–H groups in total. The van der Waals surface area contributed by atoms with Crippen molar-refractivity contribution in [1.82, 2.24) is 5.32 Å². The van der Waals surface area contributed by atoms with Crippen LogP contribution in [0.3, 0.4) is 0 Å². The molecule has 1 fully saturated rings. The zero-order valence-electron chi connectivity index (χ0n) is 6.95. The highest BCUT2D eigenvalue weighted by Crippen LogP contribution is 2.14. The second kappa shape index (κ2) is 5.35. The van der Waals surface area contributed by atoms with Gasteiger partial charge in [0.2, 0.25) is 0 Å². The lowest BCUT2D eigenvalue weighted by Gasteiger charge is -2.27. The van der Waals surface area contributed by atoms with Crippen molar-refractivity contribution in [2.75, 3.05) is 20.2 Å². The number of carboxylic acids is 1. The third kappa shape index (κ3) is 2.62. The Labute approximate surface area is 77.7 Å². The van der Waals surface area contributed by atoms with E-state index in [2.05, 4.69) is 5.32 Å². The molecule has 1 saturated heterocycles. The molecule has 0 saturated carbocycles. The first-order chi connectivity index (χ1) is 5.25. The summed E-state index contributed by atoms with van der Waals surface area (Å²) < 4.78 is 5.02. The molecular formula is C7H14ClNO3. The minimum atomic E-state index is -0.752. The molecule has 0 aliphatic carbocycles. The van der Waals surface area contributed by atoms with Crippen LogP contribution in [0, 0.1) is 5.92 Å². The number of piperidine rings is 1. The minimum absolute atomic E-state index is 0. The monoisotopic (exact) mass is 195 g/mol. The van der Waals surface area contributed by atoms with Crippen LogP contribution >= 0.6 is 12.4 Å². The van der Waals surface area contributed by atoms with E-state index in [-0.39, 0.29) is 24.4 Å². The first kappa shape index (κ1) is 11.7. The second-order valence-electron chi connectivity index (χ2n) is 2.71. The molecule has 0 amide bonds.